The van der Waals surface area contributed by atoms with Crippen molar-refractivity contribution in [3.05, 3.63) is 103 Å². The first-order valence-corrected chi connectivity index (χ1v) is 15.8. The Morgan fingerprint density at radius 2 is 1.28 bits per heavy atom. The Balaban J connectivity index is 1.31. The number of hydrogen-bond donors (Lipinski definition) is 0. The molecular formula is C36H31BN6. The van der Waals surface area contributed by atoms with Crippen molar-refractivity contribution in [2.24, 2.45) is 17.8 Å². The van der Waals surface area contributed by atoms with Gasteiger partial charge in [-0.25, -0.2) is 15.0 Å². The van der Waals surface area contributed by atoms with E-state index in [1.165, 1.54) is 72.1 Å². The van der Waals surface area contributed by atoms with Gasteiger partial charge in [-0.05, 0) is 115 Å². The van der Waals surface area contributed by atoms with Crippen LogP contribution < -0.4 is 26.3 Å². The third-order valence-corrected chi connectivity index (χ3v) is 11.0. The first-order valence-electron chi connectivity index (χ1n) is 15.8. The molecule has 208 valence electrons. The molecule has 4 saturated carbocycles. The van der Waals surface area contributed by atoms with Crippen LogP contribution in [0.1, 0.15) is 44.1 Å². The molecule has 4 bridgehead atoms. The number of anilines is 6. The fourth-order valence-electron chi connectivity index (χ4n) is 9.86. The van der Waals surface area contributed by atoms with Crippen molar-refractivity contribution in [2.75, 3.05) is 9.80 Å². The van der Waals surface area contributed by atoms with Gasteiger partial charge in [-0.1, -0.05) is 36.4 Å². The minimum atomic E-state index is -0.0322. The summed E-state index contributed by atoms with van der Waals surface area (Å²) in [7, 11) is 0. The van der Waals surface area contributed by atoms with Crippen molar-refractivity contribution in [2.45, 2.75) is 43.9 Å². The number of rotatable bonds is 3. The number of hydrogen-bond acceptors (Lipinski definition) is 6. The van der Waals surface area contributed by atoms with Crippen LogP contribution in [0.4, 0.5) is 34.5 Å². The van der Waals surface area contributed by atoms with Crippen LogP contribution in [0.5, 0.6) is 0 Å². The molecular weight excluding hydrogens is 527 g/mol. The maximum atomic E-state index is 5.02. The van der Waals surface area contributed by atoms with Gasteiger partial charge >= 0.3 is 0 Å². The minimum absolute atomic E-state index is 0.0322. The Labute approximate surface area is 252 Å². The van der Waals surface area contributed by atoms with E-state index in [4.69, 9.17) is 19.9 Å². The Morgan fingerprint density at radius 1 is 0.628 bits per heavy atom. The molecule has 2 aliphatic heterocycles. The van der Waals surface area contributed by atoms with E-state index >= 15 is 0 Å². The van der Waals surface area contributed by atoms with Gasteiger partial charge in [0.05, 0.1) is 5.59 Å². The summed E-state index contributed by atoms with van der Waals surface area (Å²) in [5.74, 6) is 4.04. The number of nitrogens with zero attached hydrogens (tertiary/aromatic N) is 6. The highest BCUT2D eigenvalue weighted by molar-refractivity contribution is 6.99. The predicted molar refractivity (Wildman–Crippen MR) is 171 cm³/mol. The maximum Gasteiger partial charge on any atom is 0.277 e. The lowest BCUT2D eigenvalue weighted by Crippen LogP contribution is -2.62. The number of benzene rings is 3. The van der Waals surface area contributed by atoms with E-state index in [0.29, 0.717) is 5.95 Å². The summed E-state index contributed by atoms with van der Waals surface area (Å²) < 4.78 is 0. The molecule has 5 aromatic rings. The lowest BCUT2D eigenvalue weighted by atomic mass is 9.35. The molecule has 0 saturated heterocycles. The minimum Gasteiger partial charge on any atom is -0.311 e. The highest BCUT2D eigenvalue weighted by Gasteiger charge is 2.53. The Bertz CT molecular complexity index is 1750. The van der Waals surface area contributed by atoms with Gasteiger partial charge < -0.3 is 4.90 Å². The molecule has 0 spiro atoms. The Kier molecular flexibility index (Phi) is 4.88. The van der Waals surface area contributed by atoms with Crippen LogP contribution in [-0.4, -0.2) is 26.6 Å². The Hall–Kier alpha value is -4.52. The van der Waals surface area contributed by atoms with E-state index < -0.39 is 0 Å². The average Bonchev–Trinajstić information content (AvgIpc) is 3.04. The largest absolute Gasteiger partial charge is 0.311 e. The van der Waals surface area contributed by atoms with Gasteiger partial charge in [0.25, 0.3) is 6.71 Å². The topological polar surface area (TPSA) is 58.0 Å². The summed E-state index contributed by atoms with van der Waals surface area (Å²) in [5.41, 5.74) is 9.93. The summed E-state index contributed by atoms with van der Waals surface area (Å²) >= 11 is 0. The Morgan fingerprint density at radius 3 is 2.02 bits per heavy atom. The number of para-hydroxylation sites is 2. The van der Waals surface area contributed by atoms with Crippen molar-refractivity contribution in [3.63, 3.8) is 0 Å². The number of fused-ring (bicyclic) bond motifs is 4. The van der Waals surface area contributed by atoms with Crippen molar-refractivity contribution in [1.29, 1.82) is 0 Å². The zero-order valence-electron chi connectivity index (χ0n) is 24.0. The van der Waals surface area contributed by atoms with Gasteiger partial charge in [0.2, 0.25) is 5.95 Å². The van der Waals surface area contributed by atoms with Crippen LogP contribution in [0, 0.1) is 17.8 Å². The van der Waals surface area contributed by atoms with Crippen LogP contribution in [0.3, 0.4) is 0 Å². The average molecular weight is 558 g/mol. The molecule has 0 amide bonds. The summed E-state index contributed by atoms with van der Waals surface area (Å²) in [6.45, 7) is -0.0322. The standard InChI is InChI=1S/C36H31BN6/c1-2-7-27(8-3-1)42-29-10-5-4-9-28(29)37-32-30(42)18-26(36-20-23-15-24(21-36)17-25(16-23)22-36)19-31(32)43(35-40-11-6-12-41-35)34-33(37)38-13-14-39-34/h1-14,18-19,23-25H,15-17,20-22H2. The van der Waals surface area contributed by atoms with E-state index in [1.807, 2.05) is 24.7 Å². The molecule has 4 fully saturated rings. The van der Waals surface area contributed by atoms with Crippen LogP contribution >= 0.6 is 0 Å². The molecule has 6 aliphatic rings. The molecule has 7 heteroatoms. The third kappa shape index (κ3) is 3.36. The van der Waals surface area contributed by atoms with Gasteiger partial charge in [-0.15, -0.1) is 0 Å². The van der Waals surface area contributed by atoms with Gasteiger partial charge in [0.15, 0.2) is 5.82 Å². The monoisotopic (exact) mass is 558 g/mol. The summed E-state index contributed by atoms with van der Waals surface area (Å²) in [4.78, 5) is 24.2. The highest BCUT2D eigenvalue weighted by atomic mass is 15.3. The normalized spacial score (nSPS) is 25.8. The summed E-state index contributed by atoms with van der Waals surface area (Å²) in [6.07, 6.45) is 15.5. The van der Waals surface area contributed by atoms with Crippen molar-refractivity contribution in [3.8, 4) is 0 Å². The molecule has 0 radical (unpaired) electrons. The van der Waals surface area contributed by atoms with Gasteiger partial charge in [0.1, 0.15) is 0 Å². The molecule has 2 aromatic heterocycles. The molecule has 3 aromatic carbocycles. The second-order valence-electron chi connectivity index (χ2n) is 13.4. The van der Waals surface area contributed by atoms with Crippen molar-refractivity contribution in [1.82, 2.24) is 19.9 Å². The first-order chi connectivity index (χ1) is 21.3. The molecule has 4 aliphatic carbocycles. The van der Waals surface area contributed by atoms with Crippen LogP contribution in [0.15, 0.2) is 97.6 Å². The zero-order chi connectivity index (χ0) is 28.1. The predicted octanol–water partition coefficient (Wildman–Crippen LogP) is 5.82. The maximum absolute atomic E-state index is 5.02. The van der Waals surface area contributed by atoms with Crippen LogP contribution in [-0.2, 0) is 5.41 Å². The van der Waals surface area contributed by atoms with Gasteiger partial charge in [-0.3, -0.25) is 9.88 Å². The second kappa shape index (κ2) is 8.76. The van der Waals surface area contributed by atoms with Crippen LogP contribution in [0.2, 0.25) is 0 Å². The van der Waals surface area contributed by atoms with Gasteiger partial charge in [-0.2, -0.15) is 0 Å². The molecule has 0 N–H and O–H groups in total. The van der Waals surface area contributed by atoms with E-state index in [1.54, 1.807) is 6.20 Å². The van der Waals surface area contributed by atoms with E-state index in [9.17, 15) is 0 Å². The molecule has 4 heterocycles. The molecule has 43 heavy (non-hydrogen) atoms. The van der Waals surface area contributed by atoms with Crippen LogP contribution in [0.25, 0.3) is 0 Å². The molecule has 0 atom stereocenters. The first kappa shape index (κ1) is 24.0. The lowest BCUT2D eigenvalue weighted by molar-refractivity contribution is -0.00514. The van der Waals surface area contributed by atoms with E-state index in [0.717, 1.165) is 34.9 Å². The van der Waals surface area contributed by atoms with Crippen molar-refractivity contribution < 1.29 is 0 Å². The smallest absolute Gasteiger partial charge is 0.277 e. The summed E-state index contributed by atoms with van der Waals surface area (Å²) in [5, 5.41) is 0. The third-order valence-electron chi connectivity index (χ3n) is 11.0. The molecule has 6 nitrogen and oxygen atoms in total. The zero-order valence-corrected chi connectivity index (χ0v) is 24.0. The number of aromatic nitrogens is 4. The van der Waals surface area contributed by atoms with Crippen molar-refractivity contribution >= 4 is 57.7 Å². The fourth-order valence-corrected chi connectivity index (χ4v) is 9.86. The van der Waals surface area contributed by atoms with Gasteiger partial charge in [0, 0.05) is 47.5 Å². The highest BCUT2D eigenvalue weighted by Crippen LogP contribution is 2.61. The molecule has 11 rings (SSSR count). The summed E-state index contributed by atoms with van der Waals surface area (Å²) in [6, 6.07) is 26.6. The van der Waals surface area contributed by atoms with E-state index in [-0.39, 0.29) is 12.1 Å². The quantitative estimate of drug-likeness (QED) is 0.255. The van der Waals surface area contributed by atoms with E-state index in [2.05, 4.69) is 76.5 Å². The lowest BCUT2D eigenvalue weighted by Gasteiger charge is -2.57. The molecule has 0 unspecified atom stereocenters. The SMILES string of the molecule is c1ccc(N2c3ccccc3B3c4nccnc4N(c4ncccn4)c4cc(C56CC7CC(CC(C7)C5)C6)cc2c43)cc1. The fraction of sp³-hybridized carbons (Fsp3) is 0.278. The second-order valence-corrected chi connectivity index (χ2v) is 13.4.